The lowest BCUT2D eigenvalue weighted by Crippen LogP contribution is -2.42. The van der Waals surface area contributed by atoms with E-state index in [2.05, 4.69) is 20.9 Å². The summed E-state index contributed by atoms with van der Waals surface area (Å²) in [5.41, 5.74) is 1.18. The zero-order valence-corrected chi connectivity index (χ0v) is 10.6. The number of amides is 2. The van der Waals surface area contributed by atoms with E-state index in [1.807, 2.05) is 0 Å². The molecular weight excluding hydrogens is 236 g/mol. The van der Waals surface area contributed by atoms with Crippen LogP contribution in [0.3, 0.4) is 0 Å². The van der Waals surface area contributed by atoms with E-state index >= 15 is 0 Å². The molecule has 1 aromatic heterocycles. The summed E-state index contributed by atoms with van der Waals surface area (Å²) in [5, 5.41) is 9.64. The second kappa shape index (κ2) is 4.27. The fourth-order valence-corrected chi connectivity index (χ4v) is 3.70. The molecule has 3 N–H and O–H groups in total. The number of nitrogens with zero attached hydrogens (tertiary/aromatic N) is 1. The van der Waals surface area contributed by atoms with Crippen molar-refractivity contribution in [3.8, 4) is 0 Å². The Bertz CT molecular complexity index is 445. The van der Waals surface area contributed by atoms with Crippen molar-refractivity contribution in [2.24, 2.45) is 0 Å². The van der Waals surface area contributed by atoms with Crippen LogP contribution in [0.25, 0.3) is 0 Å². The number of piperidine rings is 1. The van der Waals surface area contributed by atoms with E-state index in [1.54, 1.807) is 18.4 Å². The Labute approximate surface area is 104 Å². The van der Waals surface area contributed by atoms with E-state index in [0.29, 0.717) is 17.2 Å². The Morgan fingerprint density at radius 1 is 1.53 bits per heavy atom. The van der Waals surface area contributed by atoms with Crippen molar-refractivity contribution in [2.75, 3.05) is 12.4 Å². The minimum Gasteiger partial charge on any atom is -0.341 e. The van der Waals surface area contributed by atoms with E-state index in [4.69, 9.17) is 0 Å². The Hall–Kier alpha value is -1.14. The van der Waals surface area contributed by atoms with Gasteiger partial charge in [-0.2, -0.15) is 0 Å². The van der Waals surface area contributed by atoms with Crippen molar-refractivity contribution in [1.29, 1.82) is 0 Å². The van der Waals surface area contributed by atoms with E-state index in [0.717, 1.165) is 6.42 Å². The second-order valence-electron chi connectivity index (χ2n) is 4.59. The maximum Gasteiger partial charge on any atom is 0.320 e. The number of aromatic nitrogens is 1. The molecule has 2 amide bonds. The van der Waals surface area contributed by atoms with Gasteiger partial charge >= 0.3 is 6.03 Å². The SMILES string of the molecule is CNC(=O)Nc1nc2c(s1)C1CCCC(C2)N1. The first kappa shape index (κ1) is 11.0. The van der Waals surface area contributed by atoms with Crippen molar-refractivity contribution in [3.63, 3.8) is 0 Å². The second-order valence-corrected chi connectivity index (χ2v) is 5.62. The Balaban J connectivity index is 1.84. The van der Waals surface area contributed by atoms with Crippen molar-refractivity contribution < 1.29 is 4.79 Å². The van der Waals surface area contributed by atoms with E-state index in [-0.39, 0.29) is 6.03 Å². The normalized spacial score (nSPS) is 26.2. The zero-order chi connectivity index (χ0) is 11.8. The Kier molecular flexibility index (Phi) is 2.76. The number of urea groups is 1. The van der Waals surface area contributed by atoms with Gasteiger partial charge in [-0.3, -0.25) is 5.32 Å². The predicted octanol–water partition coefficient (Wildman–Crippen LogP) is 1.63. The van der Waals surface area contributed by atoms with Crippen LogP contribution in [0.4, 0.5) is 9.93 Å². The van der Waals surface area contributed by atoms with E-state index in [1.165, 1.54) is 29.8 Å². The summed E-state index contributed by atoms with van der Waals surface area (Å²) >= 11 is 1.60. The van der Waals surface area contributed by atoms with Crippen LogP contribution < -0.4 is 16.0 Å². The molecule has 1 aromatic rings. The van der Waals surface area contributed by atoms with Gasteiger partial charge in [-0.25, -0.2) is 9.78 Å². The first-order chi connectivity index (χ1) is 8.26. The Morgan fingerprint density at radius 3 is 3.24 bits per heavy atom. The summed E-state index contributed by atoms with van der Waals surface area (Å²) in [6.07, 6.45) is 4.71. The number of carbonyl (C=O) groups is 1. The molecule has 5 nitrogen and oxygen atoms in total. The topological polar surface area (TPSA) is 66.0 Å². The summed E-state index contributed by atoms with van der Waals surface area (Å²) in [6.45, 7) is 0. The lowest BCUT2D eigenvalue weighted by molar-refractivity contribution is 0.254. The molecule has 92 valence electrons. The van der Waals surface area contributed by atoms with Crippen molar-refractivity contribution >= 4 is 22.5 Å². The van der Waals surface area contributed by atoms with Gasteiger partial charge in [-0.1, -0.05) is 11.3 Å². The number of fused-ring (bicyclic) bond motifs is 4. The Morgan fingerprint density at radius 2 is 2.41 bits per heavy atom. The van der Waals surface area contributed by atoms with Crippen LogP contribution in [0.1, 0.15) is 35.9 Å². The van der Waals surface area contributed by atoms with Crippen LogP contribution in [0, 0.1) is 0 Å². The number of rotatable bonds is 1. The first-order valence-corrected chi connectivity index (χ1v) is 6.82. The maximum absolute atomic E-state index is 11.3. The minimum absolute atomic E-state index is 0.202. The van der Waals surface area contributed by atoms with Gasteiger partial charge in [0.1, 0.15) is 0 Å². The smallest absolute Gasteiger partial charge is 0.320 e. The number of thiazole rings is 1. The zero-order valence-electron chi connectivity index (χ0n) is 9.75. The van der Waals surface area contributed by atoms with Gasteiger partial charge < -0.3 is 10.6 Å². The van der Waals surface area contributed by atoms with Gasteiger partial charge in [0.15, 0.2) is 5.13 Å². The number of nitrogens with one attached hydrogen (secondary N) is 3. The van der Waals surface area contributed by atoms with Crippen molar-refractivity contribution in [3.05, 3.63) is 10.6 Å². The molecule has 3 heterocycles. The molecule has 2 unspecified atom stereocenters. The maximum atomic E-state index is 11.3. The molecule has 0 aromatic carbocycles. The van der Waals surface area contributed by atoms with Gasteiger partial charge in [0.25, 0.3) is 0 Å². The molecule has 2 bridgehead atoms. The van der Waals surface area contributed by atoms with Crippen LogP contribution in [0.2, 0.25) is 0 Å². The molecule has 0 saturated carbocycles. The van der Waals surface area contributed by atoms with Gasteiger partial charge in [-0.15, -0.1) is 0 Å². The molecular formula is C11H16N4OS. The van der Waals surface area contributed by atoms with Gasteiger partial charge in [0.2, 0.25) is 0 Å². The quantitative estimate of drug-likeness (QED) is 0.711. The molecule has 2 aliphatic heterocycles. The molecule has 3 rings (SSSR count). The van der Waals surface area contributed by atoms with Gasteiger partial charge in [-0.05, 0) is 19.3 Å². The summed E-state index contributed by atoms with van der Waals surface area (Å²) < 4.78 is 0. The monoisotopic (exact) mass is 252 g/mol. The fraction of sp³-hybridized carbons (Fsp3) is 0.636. The highest BCUT2D eigenvalue weighted by Gasteiger charge is 2.32. The third-order valence-corrected chi connectivity index (χ3v) is 4.54. The van der Waals surface area contributed by atoms with Crippen LogP contribution in [-0.4, -0.2) is 24.1 Å². The third-order valence-electron chi connectivity index (χ3n) is 3.41. The molecule has 0 spiro atoms. The first-order valence-electron chi connectivity index (χ1n) is 6.00. The molecule has 2 aliphatic rings. The molecule has 1 fully saturated rings. The number of hydrogen-bond acceptors (Lipinski definition) is 4. The lowest BCUT2D eigenvalue weighted by Gasteiger charge is -2.34. The summed E-state index contributed by atoms with van der Waals surface area (Å²) in [4.78, 5) is 17.1. The third kappa shape index (κ3) is 2.02. The van der Waals surface area contributed by atoms with Crippen molar-refractivity contribution in [1.82, 2.24) is 15.6 Å². The molecule has 1 saturated heterocycles. The number of carbonyl (C=O) groups excluding carboxylic acids is 1. The number of hydrogen-bond donors (Lipinski definition) is 3. The predicted molar refractivity (Wildman–Crippen MR) is 67.4 cm³/mol. The fourth-order valence-electron chi connectivity index (χ4n) is 2.62. The highest BCUT2D eigenvalue weighted by atomic mass is 32.1. The van der Waals surface area contributed by atoms with Crippen LogP contribution >= 0.6 is 11.3 Å². The van der Waals surface area contributed by atoms with E-state index < -0.39 is 0 Å². The van der Waals surface area contributed by atoms with Gasteiger partial charge in [0, 0.05) is 30.4 Å². The average Bonchev–Trinajstić information content (AvgIpc) is 2.72. The molecule has 6 heteroatoms. The average molecular weight is 252 g/mol. The number of anilines is 1. The van der Waals surface area contributed by atoms with Crippen LogP contribution in [0.15, 0.2) is 0 Å². The summed E-state index contributed by atoms with van der Waals surface area (Å²) in [5.74, 6) is 0. The van der Waals surface area contributed by atoms with Gasteiger partial charge in [0.05, 0.1) is 5.69 Å². The van der Waals surface area contributed by atoms with Crippen molar-refractivity contribution in [2.45, 2.75) is 37.8 Å². The van der Waals surface area contributed by atoms with E-state index in [9.17, 15) is 4.79 Å². The highest BCUT2D eigenvalue weighted by molar-refractivity contribution is 7.16. The van der Waals surface area contributed by atoms with Crippen LogP contribution in [0.5, 0.6) is 0 Å². The van der Waals surface area contributed by atoms with Crippen LogP contribution in [-0.2, 0) is 6.42 Å². The summed E-state index contributed by atoms with van der Waals surface area (Å²) in [6, 6.07) is 0.832. The molecule has 0 radical (unpaired) electrons. The summed E-state index contributed by atoms with van der Waals surface area (Å²) in [7, 11) is 1.61. The molecule has 0 aliphatic carbocycles. The largest absolute Gasteiger partial charge is 0.341 e. The minimum atomic E-state index is -0.202. The lowest BCUT2D eigenvalue weighted by atomic mass is 9.89. The molecule has 17 heavy (non-hydrogen) atoms. The highest BCUT2D eigenvalue weighted by Crippen LogP contribution is 2.39. The standard InChI is InChI=1S/C11H16N4OS/c1-12-10(16)15-11-14-8-5-6-3-2-4-7(13-6)9(8)17-11/h6-7,13H,2-5H2,1H3,(H2,12,14,15,16). The molecule has 2 atom stereocenters.